The van der Waals surface area contributed by atoms with Crippen molar-refractivity contribution in [3.63, 3.8) is 0 Å². The topological polar surface area (TPSA) is 29.9 Å². The first kappa shape index (κ1) is 12.6. The Bertz CT molecular complexity index is 520. The summed E-state index contributed by atoms with van der Waals surface area (Å²) in [6.45, 7) is 5.45. The molecule has 0 saturated heterocycles. The van der Waals surface area contributed by atoms with Crippen LogP contribution >= 0.6 is 0 Å². The van der Waals surface area contributed by atoms with Crippen LogP contribution in [-0.4, -0.2) is 9.55 Å². The van der Waals surface area contributed by atoms with E-state index in [1.807, 2.05) is 19.2 Å². The highest BCUT2D eigenvalue weighted by atomic mass is 19.1. The normalized spacial score (nSPS) is 10.6. The minimum absolute atomic E-state index is 0.185. The summed E-state index contributed by atoms with van der Waals surface area (Å²) < 4.78 is 15.5. The predicted octanol–water partition coefficient (Wildman–Crippen LogP) is 3.35. The molecular formula is C14H18FN3. The van der Waals surface area contributed by atoms with Crippen molar-refractivity contribution in [1.29, 1.82) is 0 Å². The molecule has 4 heteroatoms. The smallest absolute Gasteiger partial charge is 0.203 e. The average Bonchev–Trinajstić information content (AvgIpc) is 2.69. The third kappa shape index (κ3) is 2.88. The number of halogens is 1. The largest absolute Gasteiger partial charge is 0.351 e. The van der Waals surface area contributed by atoms with Gasteiger partial charge in [0, 0.05) is 24.8 Å². The minimum Gasteiger partial charge on any atom is -0.351 e. The molecule has 0 aliphatic carbocycles. The number of anilines is 1. The van der Waals surface area contributed by atoms with Gasteiger partial charge in [0.15, 0.2) is 0 Å². The van der Waals surface area contributed by atoms with Gasteiger partial charge in [0.25, 0.3) is 0 Å². The van der Waals surface area contributed by atoms with E-state index in [1.54, 1.807) is 12.1 Å². The highest BCUT2D eigenvalue weighted by Gasteiger charge is 2.06. The van der Waals surface area contributed by atoms with Crippen LogP contribution in [-0.2, 0) is 13.1 Å². The number of imidazole rings is 1. The van der Waals surface area contributed by atoms with E-state index in [-0.39, 0.29) is 5.82 Å². The molecule has 0 aliphatic rings. The van der Waals surface area contributed by atoms with E-state index in [0.717, 1.165) is 24.6 Å². The first-order valence-corrected chi connectivity index (χ1v) is 6.21. The first-order chi connectivity index (χ1) is 8.70. The molecule has 0 radical (unpaired) electrons. The van der Waals surface area contributed by atoms with Crippen LogP contribution in [0.25, 0.3) is 0 Å². The molecule has 0 spiro atoms. The number of benzene rings is 1. The Kier molecular flexibility index (Phi) is 3.97. The molecule has 96 valence electrons. The Morgan fingerprint density at radius 3 is 2.83 bits per heavy atom. The quantitative estimate of drug-likeness (QED) is 0.878. The fraction of sp³-hybridized carbons (Fsp3) is 0.357. The summed E-state index contributed by atoms with van der Waals surface area (Å²) in [4.78, 5) is 4.40. The van der Waals surface area contributed by atoms with Gasteiger partial charge in [0.2, 0.25) is 5.95 Å². The van der Waals surface area contributed by atoms with Crippen LogP contribution in [0.15, 0.2) is 30.5 Å². The van der Waals surface area contributed by atoms with Crippen molar-refractivity contribution in [3.8, 4) is 0 Å². The lowest BCUT2D eigenvalue weighted by Gasteiger charge is -2.09. The maximum Gasteiger partial charge on any atom is 0.203 e. The van der Waals surface area contributed by atoms with Crippen molar-refractivity contribution >= 4 is 5.95 Å². The van der Waals surface area contributed by atoms with Gasteiger partial charge in [-0.15, -0.1) is 0 Å². The summed E-state index contributed by atoms with van der Waals surface area (Å²) in [7, 11) is 0. The van der Waals surface area contributed by atoms with Crippen LogP contribution in [0, 0.1) is 12.7 Å². The summed E-state index contributed by atoms with van der Waals surface area (Å²) in [5, 5.41) is 3.19. The van der Waals surface area contributed by atoms with Crippen LogP contribution in [0.4, 0.5) is 10.3 Å². The highest BCUT2D eigenvalue weighted by Crippen LogP contribution is 2.12. The summed E-state index contributed by atoms with van der Waals surface area (Å²) >= 11 is 0. The molecule has 0 unspecified atom stereocenters. The molecule has 3 nitrogen and oxygen atoms in total. The van der Waals surface area contributed by atoms with Gasteiger partial charge in [-0.25, -0.2) is 9.37 Å². The van der Waals surface area contributed by atoms with Crippen LogP contribution in [0.2, 0.25) is 0 Å². The Morgan fingerprint density at radius 2 is 2.11 bits per heavy atom. The van der Waals surface area contributed by atoms with E-state index in [1.165, 1.54) is 6.07 Å². The zero-order valence-electron chi connectivity index (χ0n) is 10.8. The van der Waals surface area contributed by atoms with Gasteiger partial charge < -0.3 is 9.88 Å². The number of aryl methyl sites for hydroxylation is 2. The van der Waals surface area contributed by atoms with E-state index in [2.05, 4.69) is 21.8 Å². The fourth-order valence-electron chi connectivity index (χ4n) is 1.92. The van der Waals surface area contributed by atoms with Gasteiger partial charge in [0.05, 0.1) is 5.69 Å². The van der Waals surface area contributed by atoms with E-state index in [4.69, 9.17) is 0 Å². The van der Waals surface area contributed by atoms with E-state index >= 15 is 0 Å². The molecule has 2 rings (SSSR count). The molecule has 18 heavy (non-hydrogen) atoms. The third-order valence-corrected chi connectivity index (χ3v) is 2.76. The standard InChI is InChI=1S/C14H18FN3/c1-3-8-18-10-11(2)17-14(18)16-9-12-6-4-5-7-13(12)15/h4-7,10H,3,8-9H2,1-2H3,(H,16,17). The second kappa shape index (κ2) is 5.67. The predicted molar refractivity (Wildman–Crippen MR) is 71.0 cm³/mol. The number of rotatable bonds is 5. The van der Waals surface area contributed by atoms with E-state index in [0.29, 0.717) is 12.1 Å². The highest BCUT2D eigenvalue weighted by molar-refractivity contribution is 5.31. The molecule has 1 aromatic heterocycles. The van der Waals surface area contributed by atoms with Crippen molar-refractivity contribution in [2.24, 2.45) is 0 Å². The molecule has 2 aromatic rings. The van der Waals surface area contributed by atoms with Crippen LogP contribution in [0.3, 0.4) is 0 Å². The van der Waals surface area contributed by atoms with Crippen molar-refractivity contribution in [3.05, 3.63) is 47.5 Å². The first-order valence-electron chi connectivity index (χ1n) is 6.21. The van der Waals surface area contributed by atoms with Crippen LogP contribution in [0.5, 0.6) is 0 Å². The van der Waals surface area contributed by atoms with Crippen molar-refractivity contribution in [2.75, 3.05) is 5.32 Å². The molecule has 1 N–H and O–H groups in total. The number of nitrogens with one attached hydrogen (secondary N) is 1. The van der Waals surface area contributed by atoms with Crippen LogP contribution < -0.4 is 5.32 Å². The van der Waals surface area contributed by atoms with Gasteiger partial charge >= 0.3 is 0 Å². The molecule has 0 saturated carbocycles. The zero-order valence-corrected chi connectivity index (χ0v) is 10.8. The molecule has 0 bridgehead atoms. The Morgan fingerprint density at radius 1 is 1.33 bits per heavy atom. The molecule has 0 amide bonds. The SMILES string of the molecule is CCCn1cc(C)nc1NCc1ccccc1F. The lowest BCUT2D eigenvalue weighted by atomic mass is 10.2. The van der Waals surface area contributed by atoms with Gasteiger partial charge in [0.1, 0.15) is 5.82 Å². The average molecular weight is 247 g/mol. The molecule has 0 fully saturated rings. The maximum absolute atomic E-state index is 13.5. The van der Waals surface area contributed by atoms with Gasteiger partial charge in [-0.05, 0) is 19.4 Å². The maximum atomic E-state index is 13.5. The number of hydrogen-bond donors (Lipinski definition) is 1. The fourth-order valence-corrected chi connectivity index (χ4v) is 1.92. The van der Waals surface area contributed by atoms with Crippen LogP contribution in [0.1, 0.15) is 24.6 Å². The van der Waals surface area contributed by atoms with E-state index in [9.17, 15) is 4.39 Å². The molecule has 0 aliphatic heterocycles. The summed E-state index contributed by atoms with van der Waals surface area (Å²) in [5.41, 5.74) is 1.63. The molecular weight excluding hydrogens is 229 g/mol. The molecule has 1 heterocycles. The van der Waals surface area contributed by atoms with Gasteiger partial charge in [-0.2, -0.15) is 0 Å². The minimum atomic E-state index is -0.185. The molecule has 1 aromatic carbocycles. The summed E-state index contributed by atoms with van der Waals surface area (Å²) in [6.07, 6.45) is 3.05. The van der Waals surface area contributed by atoms with Crippen molar-refractivity contribution in [2.45, 2.75) is 33.4 Å². The second-order valence-electron chi connectivity index (χ2n) is 4.34. The summed E-state index contributed by atoms with van der Waals surface area (Å²) in [6, 6.07) is 6.79. The van der Waals surface area contributed by atoms with Gasteiger partial charge in [-0.1, -0.05) is 25.1 Å². The van der Waals surface area contributed by atoms with Crippen molar-refractivity contribution in [1.82, 2.24) is 9.55 Å². The number of nitrogens with zero attached hydrogens (tertiary/aromatic N) is 2. The van der Waals surface area contributed by atoms with Gasteiger partial charge in [-0.3, -0.25) is 0 Å². The zero-order chi connectivity index (χ0) is 13.0. The Labute approximate surface area is 107 Å². The second-order valence-corrected chi connectivity index (χ2v) is 4.34. The number of aromatic nitrogens is 2. The Hall–Kier alpha value is -1.84. The lowest BCUT2D eigenvalue weighted by molar-refractivity contribution is 0.611. The lowest BCUT2D eigenvalue weighted by Crippen LogP contribution is -2.08. The van der Waals surface area contributed by atoms with E-state index < -0.39 is 0 Å². The molecule has 0 atom stereocenters. The van der Waals surface area contributed by atoms with Crippen molar-refractivity contribution < 1.29 is 4.39 Å². The monoisotopic (exact) mass is 247 g/mol. The Balaban J connectivity index is 2.08. The summed E-state index contributed by atoms with van der Waals surface area (Å²) in [5.74, 6) is 0.618. The number of hydrogen-bond acceptors (Lipinski definition) is 2. The third-order valence-electron chi connectivity index (χ3n) is 2.76.